The molecule has 0 radical (unpaired) electrons. The fourth-order valence-corrected chi connectivity index (χ4v) is 5.24. The van der Waals surface area contributed by atoms with Gasteiger partial charge in [0.2, 0.25) is 5.91 Å². The van der Waals surface area contributed by atoms with Gasteiger partial charge in [-0.25, -0.2) is 12.8 Å². The molecule has 1 aliphatic heterocycles. The third kappa shape index (κ3) is 5.18. The third-order valence-corrected chi connectivity index (χ3v) is 8.00. The molecule has 0 unspecified atom stereocenters. The van der Waals surface area contributed by atoms with E-state index in [4.69, 9.17) is 11.6 Å². The Morgan fingerprint density at radius 2 is 1.56 bits per heavy atom. The summed E-state index contributed by atoms with van der Waals surface area (Å²) in [5.41, 5.74) is 1.84. The quantitative estimate of drug-likeness (QED) is 0.508. The van der Waals surface area contributed by atoms with Crippen molar-refractivity contribution in [1.82, 2.24) is 4.90 Å². The number of rotatable bonds is 6. The molecule has 0 atom stereocenters. The molecule has 0 aromatic heterocycles. The fourth-order valence-electron chi connectivity index (χ4n) is 3.92. The first-order valence-electron chi connectivity index (χ1n) is 10.9. The molecule has 3 aromatic rings. The first-order chi connectivity index (χ1) is 16.3. The molecular formula is C25H25ClFN3O3S. The molecule has 0 aliphatic carbocycles. The van der Waals surface area contributed by atoms with Crippen molar-refractivity contribution in [3.63, 3.8) is 0 Å². The van der Waals surface area contributed by atoms with Crippen LogP contribution in [0.2, 0.25) is 5.02 Å². The van der Waals surface area contributed by atoms with Gasteiger partial charge in [0.1, 0.15) is 5.82 Å². The second-order valence-corrected chi connectivity index (χ2v) is 10.5. The van der Waals surface area contributed by atoms with E-state index in [1.165, 1.54) is 41.7 Å². The average Bonchev–Trinajstić information content (AvgIpc) is 2.85. The average molecular weight is 502 g/mol. The zero-order chi connectivity index (χ0) is 24.3. The van der Waals surface area contributed by atoms with Crippen LogP contribution >= 0.6 is 11.6 Å². The molecule has 1 amide bonds. The zero-order valence-electron chi connectivity index (χ0n) is 18.7. The standard InChI is InChI=1S/C25H25ClFN3O3S/c1-28(34(32,33)22-12-8-20(26)9-13-22)21-10-6-19(7-11-21)18-25(31)30-16-14-29(15-17-30)24-5-3-2-4-23(24)27/h2-13H,14-18H2,1H3. The van der Waals surface area contributed by atoms with Gasteiger partial charge in [0.15, 0.2) is 0 Å². The van der Waals surface area contributed by atoms with Crippen LogP contribution in [0.1, 0.15) is 5.56 Å². The molecule has 4 rings (SSSR count). The van der Waals surface area contributed by atoms with E-state index in [0.29, 0.717) is 42.6 Å². The van der Waals surface area contributed by atoms with E-state index in [9.17, 15) is 17.6 Å². The Labute approximate surface area is 204 Å². The highest BCUT2D eigenvalue weighted by atomic mass is 35.5. The van der Waals surface area contributed by atoms with Gasteiger partial charge in [0.25, 0.3) is 10.0 Å². The Kier molecular flexibility index (Phi) is 7.09. The number of piperazine rings is 1. The van der Waals surface area contributed by atoms with Gasteiger partial charge >= 0.3 is 0 Å². The molecule has 0 bridgehead atoms. The van der Waals surface area contributed by atoms with Crippen LogP contribution in [0, 0.1) is 5.82 Å². The van der Waals surface area contributed by atoms with E-state index in [1.54, 1.807) is 47.4 Å². The zero-order valence-corrected chi connectivity index (χ0v) is 20.3. The van der Waals surface area contributed by atoms with Crippen molar-refractivity contribution in [3.8, 4) is 0 Å². The minimum Gasteiger partial charge on any atom is -0.366 e. The summed E-state index contributed by atoms with van der Waals surface area (Å²) in [6, 6.07) is 19.5. The number of carbonyl (C=O) groups excluding carboxylic acids is 1. The van der Waals surface area contributed by atoms with E-state index in [2.05, 4.69) is 0 Å². The van der Waals surface area contributed by atoms with Crippen molar-refractivity contribution in [1.29, 1.82) is 0 Å². The van der Waals surface area contributed by atoms with Gasteiger partial charge in [-0.3, -0.25) is 9.10 Å². The third-order valence-electron chi connectivity index (χ3n) is 5.95. The summed E-state index contributed by atoms with van der Waals surface area (Å²) >= 11 is 5.86. The lowest BCUT2D eigenvalue weighted by Gasteiger charge is -2.36. The molecule has 1 fully saturated rings. The fraction of sp³-hybridized carbons (Fsp3) is 0.240. The van der Waals surface area contributed by atoms with Crippen LogP contribution in [0.4, 0.5) is 15.8 Å². The van der Waals surface area contributed by atoms with Crippen LogP contribution in [0.5, 0.6) is 0 Å². The Balaban J connectivity index is 1.36. The maximum absolute atomic E-state index is 14.0. The summed E-state index contributed by atoms with van der Waals surface area (Å²) in [5, 5.41) is 0.462. The number of sulfonamides is 1. The monoisotopic (exact) mass is 501 g/mol. The van der Waals surface area contributed by atoms with E-state index >= 15 is 0 Å². The van der Waals surface area contributed by atoms with Crippen LogP contribution in [0.15, 0.2) is 77.7 Å². The van der Waals surface area contributed by atoms with Gasteiger partial charge < -0.3 is 9.80 Å². The summed E-state index contributed by atoms with van der Waals surface area (Å²) in [6.07, 6.45) is 0.216. The molecule has 178 valence electrons. The van der Waals surface area contributed by atoms with Crippen LogP contribution in [-0.4, -0.2) is 52.5 Å². The topological polar surface area (TPSA) is 60.9 Å². The van der Waals surface area contributed by atoms with E-state index in [-0.39, 0.29) is 23.0 Å². The van der Waals surface area contributed by atoms with E-state index in [0.717, 1.165) is 5.56 Å². The highest BCUT2D eigenvalue weighted by Crippen LogP contribution is 2.24. The normalized spacial score (nSPS) is 14.2. The first kappa shape index (κ1) is 24.0. The van der Waals surface area contributed by atoms with Crippen LogP contribution in [-0.2, 0) is 21.2 Å². The molecule has 1 heterocycles. The van der Waals surface area contributed by atoms with Gasteiger partial charge in [0.05, 0.1) is 22.7 Å². The number of nitrogens with zero attached hydrogens (tertiary/aromatic N) is 3. The molecule has 0 spiro atoms. The lowest BCUT2D eigenvalue weighted by Crippen LogP contribution is -2.49. The van der Waals surface area contributed by atoms with Crippen molar-refractivity contribution in [3.05, 3.63) is 89.2 Å². The summed E-state index contributed by atoms with van der Waals surface area (Å²) in [7, 11) is -2.24. The van der Waals surface area contributed by atoms with Crippen LogP contribution in [0.25, 0.3) is 0 Å². The minimum absolute atomic E-state index is 0.0110. The van der Waals surface area contributed by atoms with Crippen molar-refractivity contribution in [2.45, 2.75) is 11.3 Å². The Bertz CT molecular complexity index is 1260. The molecule has 1 saturated heterocycles. The maximum atomic E-state index is 14.0. The van der Waals surface area contributed by atoms with E-state index < -0.39 is 10.0 Å². The molecule has 0 saturated carbocycles. The van der Waals surface area contributed by atoms with Crippen LogP contribution in [0.3, 0.4) is 0 Å². The second kappa shape index (κ2) is 10.0. The number of amides is 1. The largest absolute Gasteiger partial charge is 0.366 e. The Morgan fingerprint density at radius 3 is 2.18 bits per heavy atom. The predicted molar refractivity (Wildman–Crippen MR) is 132 cm³/mol. The summed E-state index contributed by atoms with van der Waals surface area (Å²) in [6.45, 7) is 2.18. The number of benzene rings is 3. The number of carbonyl (C=O) groups is 1. The number of anilines is 2. The van der Waals surface area contributed by atoms with Gasteiger partial charge in [0, 0.05) is 38.2 Å². The smallest absolute Gasteiger partial charge is 0.264 e. The number of hydrogen-bond acceptors (Lipinski definition) is 4. The lowest BCUT2D eigenvalue weighted by atomic mass is 10.1. The predicted octanol–water partition coefficient (Wildman–Crippen LogP) is 4.20. The van der Waals surface area contributed by atoms with E-state index in [1.807, 2.05) is 4.90 Å². The number of hydrogen-bond donors (Lipinski definition) is 0. The second-order valence-electron chi connectivity index (χ2n) is 8.09. The maximum Gasteiger partial charge on any atom is 0.264 e. The van der Waals surface area contributed by atoms with Crippen molar-refractivity contribution in [2.75, 3.05) is 42.4 Å². The molecule has 3 aromatic carbocycles. The molecule has 34 heavy (non-hydrogen) atoms. The highest BCUT2D eigenvalue weighted by molar-refractivity contribution is 7.92. The summed E-state index contributed by atoms with van der Waals surface area (Å²) < 4.78 is 40.9. The Hall–Kier alpha value is -3.10. The summed E-state index contributed by atoms with van der Waals surface area (Å²) in [4.78, 5) is 16.7. The van der Waals surface area contributed by atoms with Crippen LogP contribution < -0.4 is 9.21 Å². The van der Waals surface area contributed by atoms with Crippen molar-refractivity contribution < 1.29 is 17.6 Å². The first-order valence-corrected chi connectivity index (χ1v) is 12.7. The van der Waals surface area contributed by atoms with Gasteiger partial charge in [-0.2, -0.15) is 0 Å². The molecule has 6 nitrogen and oxygen atoms in total. The van der Waals surface area contributed by atoms with Crippen molar-refractivity contribution >= 4 is 38.9 Å². The van der Waals surface area contributed by atoms with Gasteiger partial charge in [-0.1, -0.05) is 35.9 Å². The summed E-state index contributed by atoms with van der Waals surface area (Å²) in [5.74, 6) is -0.270. The number of para-hydroxylation sites is 1. The van der Waals surface area contributed by atoms with Gasteiger partial charge in [-0.05, 0) is 54.1 Å². The lowest BCUT2D eigenvalue weighted by molar-refractivity contribution is -0.130. The molecule has 9 heteroatoms. The number of halogens is 2. The highest BCUT2D eigenvalue weighted by Gasteiger charge is 2.24. The van der Waals surface area contributed by atoms with Crippen molar-refractivity contribution in [2.24, 2.45) is 0 Å². The Morgan fingerprint density at radius 1 is 0.941 bits per heavy atom. The molecule has 1 aliphatic rings. The van der Waals surface area contributed by atoms with Gasteiger partial charge in [-0.15, -0.1) is 0 Å². The molecule has 0 N–H and O–H groups in total. The minimum atomic E-state index is -3.72. The molecular weight excluding hydrogens is 477 g/mol. The SMILES string of the molecule is CN(c1ccc(CC(=O)N2CCN(c3ccccc3F)CC2)cc1)S(=O)(=O)c1ccc(Cl)cc1.